The van der Waals surface area contributed by atoms with Gasteiger partial charge >= 0.3 is 0 Å². The Morgan fingerprint density at radius 2 is 2.12 bits per heavy atom. The van der Waals surface area contributed by atoms with Crippen LogP contribution in [0.3, 0.4) is 0 Å². The first-order valence-electron chi connectivity index (χ1n) is 8.07. The molecule has 0 aliphatic carbocycles. The summed E-state index contributed by atoms with van der Waals surface area (Å²) in [4.78, 5) is 16.4. The topological polar surface area (TPSA) is 42.0 Å². The molecule has 0 aromatic heterocycles. The van der Waals surface area contributed by atoms with Gasteiger partial charge in [-0.2, -0.15) is 0 Å². The standard InChI is InChI=1S/C17H24Cl2N2O3/c1-20(2)7-8-21(11-14-4-3-9-23-14)17(22)12-24-16-6-5-13(18)10-15(16)19/h5-6,10,14H,3-4,7-9,11-12H2,1-2H3. The number of hydrogen-bond acceptors (Lipinski definition) is 4. The molecule has 0 saturated carbocycles. The van der Waals surface area contributed by atoms with Crippen molar-refractivity contribution >= 4 is 29.1 Å². The van der Waals surface area contributed by atoms with Crippen LogP contribution in [0.15, 0.2) is 18.2 Å². The van der Waals surface area contributed by atoms with E-state index in [2.05, 4.69) is 0 Å². The number of rotatable bonds is 8. The van der Waals surface area contributed by atoms with Gasteiger partial charge in [-0.05, 0) is 45.1 Å². The smallest absolute Gasteiger partial charge is 0.260 e. The molecule has 0 radical (unpaired) electrons. The zero-order valence-electron chi connectivity index (χ0n) is 14.1. The number of halogens is 2. The van der Waals surface area contributed by atoms with Crippen molar-refractivity contribution in [2.75, 3.05) is 46.9 Å². The summed E-state index contributed by atoms with van der Waals surface area (Å²) in [5.74, 6) is 0.387. The normalized spacial score (nSPS) is 17.3. The summed E-state index contributed by atoms with van der Waals surface area (Å²) >= 11 is 11.9. The average Bonchev–Trinajstić information content (AvgIpc) is 3.03. The lowest BCUT2D eigenvalue weighted by Crippen LogP contribution is -2.43. The minimum Gasteiger partial charge on any atom is -0.482 e. The molecule has 1 heterocycles. The maximum absolute atomic E-state index is 12.6. The third-order valence-electron chi connectivity index (χ3n) is 3.86. The van der Waals surface area contributed by atoms with Crippen LogP contribution in [0.1, 0.15) is 12.8 Å². The van der Waals surface area contributed by atoms with E-state index in [0.717, 1.165) is 26.0 Å². The average molecular weight is 375 g/mol. The van der Waals surface area contributed by atoms with Gasteiger partial charge in [-0.1, -0.05) is 23.2 Å². The third-order valence-corrected chi connectivity index (χ3v) is 4.39. The predicted octanol–water partition coefficient (Wildman–Crippen LogP) is 2.94. The van der Waals surface area contributed by atoms with E-state index in [-0.39, 0.29) is 18.6 Å². The molecule has 0 spiro atoms. The summed E-state index contributed by atoms with van der Waals surface area (Å²) in [5.41, 5.74) is 0. The van der Waals surface area contributed by atoms with Gasteiger partial charge in [0.15, 0.2) is 6.61 Å². The van der Waals surface area contributed by atoms with E-state index in [9.17, 15) is 4.79 Å². The number of hydrogen-bond donors (Lipinski definition) is 0. The number of likely N-dealkylation sites (N-methyl/N-ethyl adjacent to an activating group) is 1. The molecule has 134 valence electrons. The largest absolute Gasteiger partial charge is 0.482 e. The Morgan fingerprint density at radius 1 is 1.33 bits per heavy atom. The lowest BCUT2D eigenvalue weighted by molar-refractivity contribution is -0.135. The van der Waals surface area contributed by atoms with E-state index in [0.29, 0.717) is 28.9 Å². The predicted molar refractivity (Wildman–Crippen MR) is 96.1 cm³/mol. The van der Waals surface area contributed by atoms with Crippen molar-refractivity contribution in [3.63, 3.8) is 0 Å². The molecule has 1 unspecified atom stereocenters. The van der Waals surface area contributed by atoms with Crippen molar-refractivity contribution in [1.29, 1.82) is 0 Å². The summed E-state index contributed by atoms with van der Waals surface area (Å²) < 4.78 is 11.2. The molecule has 1 atom stereocenters. The van der Waals surface area contributed by atoms with E-state index in [1.807, 2.05) is 19.0 Å². The highest BCUT2D eigenvalue weighted by Gasteiger charge is 2.23. The summed E-state index contributed by atoms with van der Waals surface area (Å²) in [7, 11) is 3.97. The Balaban J connectivity index is 1.92. The Labute approximate surface area is 153 Å². The highest BCUT2D eigenvalue weighted by Crippen LogP contribution is 2.27. The van der Waals surface area contributed by atoms with Crippen molar-refractivity contribution in [2.45, 2.75) is 18.9 Å². The molecule has 1 aliphatic rings. The number of nitrogens with zero attached hydrogens (tertiary/aromatic N) is 2. The molecule has 0 bridgehead atoms. The molecular formula is C17H24Cl2N2O3. The highest BCUT2D eigenvalue weighted by molar-refractivity contribution is 6.35. The zero-order chi connectivity index (χ0) is 17.5. The van der Waals surface area contributed by atoms with Crippen LogP contribution in [0.4, 0.5) is 0 Å². The molecule has 24 heavy (non-hydrogen) atoms. The number of carbonyl (C=O) groups is 1. The van der Waals surface area contributed by atoms with Gasteiger partial charge in [0.2, 0.25) is 0 Å². The Morgan fingerprint density at radius 3 is 2.75 bits per heavy atom. The number of carbonyl (C=O) groups excluding carboxylic acids is 1. The second-order valence-corrected chi connectivity index (χ2v) is 6.99. The van der Waals surface area contributed by atoms with E-state index < -0.39 is 0 Å². The van der Waals surface area contributed by atoms with Crippen molar-refractivity contribution < 1.29 is 14.3 Å². The minimum atomic E-state index is -0.0710. The highest BCUT2D eigenvalue weighted by atomic mass is 35.5. The van der Waals surface area contributed by atoms with Crippen LogP contribution < -0.4 is 4.74 Å². The van der Waals surface area contributed by atoms with Crippen molar-refractivity contribution in [2.24, 2.45) is 0 Å². The molecule has 1 aromatic rings. The summed E-state index contributed by atoms with van der Waals surface area (Å²) in [6.45, 7) is 2.76. The number of ether oxygens (including phenoxy) is 2. The van der Waals surface area contributed by atoms with Crippen LogP contribution >= 0.6 is 23.2 Å². The molecule has 1 amide bonds. The Bertz CT molecular complexity index is 549. The molecule has 2 rings (SSSR count). The summed E-state index contributed by atoms with van der Waals surface area (Å²) in [6, 6.07) is 4.95. The van der Waals surface area contributed by atoms with E-state index in [1.165, 1.54) is 0 Å². The fourth-order valence-corrected chi connectivity index (χ4v) is 2.96. The van der Waals surface area contributed by atoms with Crippen molar-refractivity contribution in [1.82, 2.24) is 9.80 Å². The molecule has 0 N–H and O–H groups in total. The maximum atomic E-state index is 12.6. The van der Waals surface area contributed by atoms with Crippen LogP contribution in [-0.2, 0) is 9.53 Å². The van der Waals surface area contributed by atoms with Crippen LogP contribution in [0, 0.1) is 0 Å². The van der Waals surface area contributed by atoms with Crippen LogP contribution in [0.5, 0.6) is 5.75 Å². The molecular weight excluding hydrogens is 351 g/mol. The van der Waals surface area contributed by atoms with Crippen LogP contribution in [0.25, 0.3) is 0 Å². The van der Waals surface area contributed by atoms with Crippen LogP contribution in [0.2, 0.25) is 10.0 Å². The second kappa shape index (κ2) is 9.47. The van der Waals surface area contributed by atoms with E-state index in [1.54, 1.807) is 23.1 Å². The Kier molecular flexibility index (Phi) is 7.62. The second-order valence-electron chi connectivity index (χ2n) is 6.14. The Hall–Kier alpha value is -1.01. The summed E-state index contributed by atoms with van der Waals surface area (Å²) in [6.07, 6.45) is 2.17. The first kappa shape index (κ1) is 19.3. The maximum Gasteiger partial charge on any atom is 0.260 e. The van der Waals surface area contributed by atoms with Crippen molar-refractivity contribution in [3.8, 4) is 5.75 Å². The number of amides is 1. The van der Waals surface area contributed by atoms with Gasteiger partial charge in [0.25, 0.3) is 5.91 Å². The van der Waals surface area contributed by atoms with Gasteiger partial charge in [-0.15, -0.1) is 0 Å². The van der Waals surface area contributed by atoms with Gasteiger partial charge in [0, 0.05) is 31.3 Å². The lowest BCUT2D eigenvalue weighted by Gasteiger charge is -2.27. The molecule has 7 heteroatoms. The minimum absolute atomic E-state index is 0.0541. The first-order chi connectivity index (χ1) is 11.5. The zero-order valence-corrected chi connectivity index (χ0v) is 15.6. The van der Waals surface area contributed by atoms with Gasteiger partial charge < -0.3 is 19.3 Å². The molecule has 1 fully saturated rings. The SMILES string of the molecule is CN(C)CCN(CC1CCCO1)C(=O)COc1ccc(Cl)cc1Cl. The fourth-order valence-electron chi connectivity index (χ4n) is 2.50. The van der Waals surface area contributed by atoms with Gasteiger partial charge in [-0.25, -0.2) is 0 Å². The quantitative estimate of drug-likeness (QED) is 0.701. The molecule has 1 aromatic carbocycles. The fraction of sp³-hybridized carbons (Fsp3) is 0.588. The van der Waals surface area contributed by atoms with E-state index in [4.69, 9.17) is 32.7 Å². The molecule has 1 saturated heterocycles. The third kappa shape index (κ3) is 6.13. The van der Waals surface area contributed by atoms with Crippen LogP contribution in [-0.4, -0.2) is 68.8 Å². The lowest BCUT2D eigenvalue weighted by atomic mass is 10.2. The van der Waals surface area contributed by atoms with E-state index >= 15 is 0 Å². The first-order valence-corrected chi connectivity index (χ1v) is 8.83. The van der Waals surface area contributed by atoms with Gasteiger partial charge in [0.05, 0.1) is 11.1 Å². The summed E-state index contributed by atoms with van der Waals surface area (Å²) in [5, 5.41) is 0.930. The molecule has 1 aliphatic heterocycles. The monoisotopic (exact) mass is 374 g/mol. The van der Waals surface area contributed by atoms with Gasteiger partial charge in [-0.3, -0.25) is 4.79 Å². The molecule has 5 nitrogen and oxygen atoms in total. The van der Waals surface area contributed by atoms with Crippen molar-refractivity contribution in [3.05, 3.63) is 28.2 Å². The van der Waals surface area contributed by atoms with Gasteiger partial charge in [0.1, 0.15) is 5.75 Å². The number of benzene rings is 1.